The lowest BCUT2D eigenvalue weighted by molar-refractivity contribution is 0.107. The van der Waals surface area contributed by atoms with Gasteiger partial charge in [0.2, 0.25) is 0 Å². The molecule has 0 saturated carbocycles. The van der Waals surface area contributed by atoms with Gasteiger partial charge in [0.25, 0.3) is 6.43 Å². The number of halogens is 2. The second-order valence-electron chi connectivity index (χ2n) is 2.25. The highest BCUT2D eigenvalue weighted by molar-refractivity contribution is 4.95. The van der Waals surface area contributed by atoms with Crippen LogP contribution in [-0.2, 0) is 0 Å². The van der Waals surface area contributed by atoms with Crippen molar-refractivity contribution in [2.75, 3.05) is 6.54 Å². The summed E-state index contributed by atoms with van der Waals surface area (Å²) in [5.74, 6) is 5.48. The van der Waals surface area contributed by atoms with Crippen LogP contribution in [0.5, 0.6) is 0 Å². The molecule has 1 N–H and O–H groups in total. The van der Waals surface area contributed by atoms with Crippen LogP contribution in [0.3, 0.4) is 0 Å². The minimum absolute atomic E-state index is 0.534. The van der Waals surface area contributed by atoms with E-state index in [0.717, 1.165) is 0 Å². The fourth-order valence-electron chi connectivity index (χ4n) is 0.576. The van der Waals surface area contributed by atoms with Crippen LogP contribution in [0.4, 0.5) is 8.78 Å². The number of rotatable bonds is 4. The molecule has 0 aromatic heterocycles. The summed E-state index contributed by atoms with van der Waals surface area (Å²) in [7, 11) is 0. The molecule has 11 heavy (non-hydrogen) atoms. The first-order chi connectivity index (χ1) is 5.18. The minimum atomic E-state index is -2.29. The van der Waals surface area contributed by atoms with Gasteiger partial charge in [0, 0.05) is 13.0 Å². The molecule has 0 aliphatic carbocycles. The number of alkyl halides is 2. The van der Waals surface area contributed by atoms with Crippen molar-refractivity contribution in [1.29, 1.82) is 0 Å². The van der Waals surface area contributed by atoms with E-state index < -0.39 is 12.5 Å². The van der Waals surface area contributed by atoms with Gasteiger partial charge in [0.05, 0.1) is 6.04 Å². The van der Waals surface area contributed by atoms with Crippen LogP contribution < -0.4 is 5.32 Å². The number of hydrogen-bond donors (Lipinski definition) is 1. The van der Waals surface area contributed by atoms with E-state index in [4.69, 9.17) is 0 Å². The van der Waals surface area contributed by atoms with Gasteiger partial charge in [-0.3, -0.25) is 0 Å². The molecule has 0 aliphatic rings. The van der Waals surface area contributed by atoms with E-state index in [9.17, 15) is 8.78 Å². The summed E-state index contributed by atoms with van der Waals surface area (Å²) in [4.78, 5) is 0. The van der Waals surface area contributed by atoms with Crippen LogP contribution >= 0.6 is 0 Å². The molecule has 64 valence electrons. The highest BCUT2D eigenvalue weighted by atomic mass is 19.3. The van der Waals surface area contributed by atoms with Crippen LogP contribution in [0, 0.1) is 11.8 Å². The zero-order valence-corrected chi connectivity index (χ0v) is 6.82. The van der Waals surface area contributed by atoms with Crippen molar-refractivity contribution in [2.45, 2.75) is 32.7 Å². The predicted molar refractivity (Wildman–Crippen MR) is 41.5 cm³/mol. The van der Waals surface area contributed by atoms with Crippen LogP contribution in [0.15, 0.2) is 0 Å². The lowest BCUT2D eigenvalue weighted by atomic mass is 10.3. The van der Waals surface area contributed by atoms with E-state index in [2.05, 4.69) is 17.2 Å². The SMILES string of the molecule is CC#CCCNC(C)C(F)F. The van der Waals surface area contributed by atoms with Crippen molar-refractivity contribution >= 4 is 0 Å². The predicted octanol–water partition coefficient (Wildman–Crippen LogP) is 1.64. The van der Waals surface area contributed by atoms with Crippen molar-refractivity contribution in [3.05, 3.63) is 0 Å². The molecule has 0 rings (SSSR count). The van der Waals surface area contributed by atoms with Gasteiger partial charge in [-0.2, -0.15) is 0 Å². The maximum absolute atomic E-state index is 11.8. The standard InChI is InChI=1S/C8H13F2N/c1-3-4-5-6-11-7(2)8(9)10/h7-8,11H,5-6H2,1-2H3. The first-order valence-corrected chi connectivity index (χ1v) is 3.59. The topological polar surface area (TPSA) is 12.0 Å². The zero-order chi connectivity index (χ0) is 8.69. The summed E-state index contributed by atoms with van der Waals surface area (Å²) in [6, 6.07) is -0.728. The molecule has 0 aliphatic heterocycles. The van der Waals surface area contributed by atoms with Crippen molar-refractivity contribution in [3.63, 3.8) is 0 Å². The van der Waals surface area contributed by atoms with Crippen LogP contribution in [-0.4, -0.2) is 19.0 Å². The molecule has 0 aromatic rings. The zero-order valence-electron chi connectivity index (χ0n) is 6.82. The van der Waals surface area contributed by atoms with Gasteiger partial charge in [-0.1, -0.05) is 0 Å². The number of hydrogen-bond acceptors (Lipinski definition) is 1. The lowest BCUT2D eigenvalue weighted by Crippen LogP contribution is -2.33. The monoisotopic (exact) mass is 161 g/mol. The van der Waals surface area contributed by atoms with E-state index >= 15 is 0 Å². The molecule has 1 unspecified atom stereocenters. The fraction of sp³-hybridized carbons (Fsp3) is 0.750. The smallest absolute Gasteiger partial charge is 0.253 e. The Bertz CT molecular complexity index is 146. The van der Waals surface area contributed by atoms with E-state index in [0.29, 0.717) is 13.0 Å². The molecule has 0 heterocycles. The Labute approximate surface area is 66.2 Å². The van der Waals surface area contributed by atoms with E-state index in [1.54, 1.807) is 6.92 Å². The summed E-state index contributed by atoms with van der Waals surface area (Å²) >= 11 is 0. The van der Waals surface area contributed by atoms with Gasteiger partial charge in [-0.05, 0) is 13.8 Å². The fourth-order valence-corrected chi connectivity index (χ4v) is 0.576. The molecular formula is C8H13F2N. The third kappa shape index (κ3) is 5.81. The summed E-state index contributed by atoms with van der Waals surface area (Å²) in [5, 5.41) is 2.66. The van der Waals surface area contributed by atoms with Gasteiger partial charge in [-0.15, -0.1) is 11.8 Å². The van der Waals surface area contributed by atoms with E-state index in [-0.39, 0.29) is 0 Å². The highest BCUT2D eigenvalue weighted by Gasteiger charge is 2.11. The van der Waals surface area contributed by atoms with Gasteiger partial charge < -0.3 is 5.32 Å². The molecular weight excluding hydrogens is 148 g/mol. The Hall–Kier alpha value is -0.620. The second-order valence-corrected chi connectivity index (χ2v) is 2.25. The molecule has 1 nitrogen and oxygen atoms in total. The summed E-state index contributed by atoms with van der Waals surface area (Å²) in [6.07, 6.45) is -1.65. The molecule has 1 atom stereocenters. The van der Waals surface area contributed by atoms with Crippen LogP contribution in [0.25, 0.3) is 0 Å². The van der Waals surface area contributed by atoms with Gasteiger partial charge in [0.15, 0.2) is 0 Å². The molecule has 0 spiro atoms. The molecule has 0 fully saturated rings. The molecule has 0 amide bonds. The van der Waals surface area contributed by atoms with E-state index in [1.165, 1.54) is 6.92 Å². The first kappa shape index (κ1) is 10.4. The Morgan fingerprint density at radius 1 is 1.45 bits per heavy atom. The maximum atomic E-state index is 11.8. The molecule has 0 bridgehead atoms. The normalized spacial score (nSPS) is 12.5. The number of nitrogens with one attached hydrogen (secondary N) is 1. The average molecular weight is 161 g/mol. The van der Waals surface area contributed by atoms with Gasteiger partial charge in [0.1, 0.15) is 0 Å². The molecule has 3 heteroatoms. The quantitative estimate of drug-likeness (QED) is 0.488. The molecule has 0 radical (unpaired) electrons. The van der Waals surface area contributed by atoms with Gasteiger partial charge in [-0.25, -0.2) is 8.78 Å². The van der Waals surface area contributed by atoms with Crippen molar-refractivity contribution in [3.8, 4) is 11.8 Å². The van der Waals surface area contributed by atoms with Crippen LogP contribution in [0.2, 0.25) is 0 Å². The summed E-state index contributed by atoms with van der Waals surface area (Å²) in [6.45, 7) is 3.73. The molecule has 0 aromatic carbocycles. The Morgan fingerprint density at radius 3 is 2.55 bits per heavy atom. The maximum Gasteiger partial charge on any atom is 0.253 e. The lowest BCUT2D eigenvalue weighted by Gasteiger charge is -2.10. The third-order valence-corrected chi connectivity index (χ3v) is 1.27. The first-order valence-electron chi connectivity index (χ1n) is 3.59. The second kappa shape index (κ2) is 6.11. The van der Waals surface area contributed by atoms with E-state index in [1.807, 2.05) is 0 Å². The van der Waals surface area contributed by atoms with Crippen molar-refractivity contribution in [2.24, 2.45) is 0 Å². The van der Waals surface area contributed by atoms with Crippen molar-refractivity contribution in [1.82, 2.24) is 5.32 Å². The Morgan fingerprint density at radius 2 is 2.09 bits per heavy atom. The Kier molecular flexibility index (Phi) is 5.77. The highest BCUT2D eigenvalue weighted by Crippen LogP contribution is 1.98. The largest absolute Gasteiger partial charge is 0.308 e. The average Bonchev–Trinajstić information content (AvgIpc) is 1.97. The third-order valence-electron chi connectivity index (χ3n) is 1.27. The van der Waals surface area contributed by atoms with Gasteiger partial charge >= 0.3 is 0 Å². The Balaban J connectivity index is 3.29. The minimum Gasteiger partial charge on any atom is -0.308 e. The summed E-state index contributed by atoms with van der Waals surface area (Å²) in [5.41, 5.74) is 0. The summed E-state index contributed by atoms with van der Waals surface area (Å²) < 4.78 is 23.7. The van der Waals surface area contributed by atoms with Crippen LogP contribution in [0.1, 0.15) is 20.3 Å². The molecule has 0 saturated heterocycles. The van der Waals surface area contributed by atoms with Crippen molar-refractivity contribution < 1.29 is 8.78 Å².